The Morgan fingerprint density at radius 1 is 1.19 bits per heavy atom. The lowest BCUT2D eigenvalue weighted by atomic mass is 9.91. The van der Waals surface area contributed by atoms with E-state index in [1.807, 2.05) is 0 Å². The monoisotopic (exact) mass is 288 g/mol. The van der Waals surface area contributed by atoms with Gasteiger partial charge < -0.3 is 15.3 Å². The first-order valence-electron chi connectivity index (χ1n) is 8.39. The van der Waals surface area contributed by atoms with Gasteiger partial charge in [0.15, 0.2) is 0 Å². The first-order chi connectivity index (χ1) is 10.1. The van der Waals surface area contributed by atoms with Crippen LogP contribution in [0.3, 0.4) is 0 Å². The first-order valence-corrected chi connectivity index (χ1v) is 8.39. The molecule has 2 saturated carbocycles. The van der Waals surface area contributed by atoms with Crippen LogP contribution in [-0.2, 0) is 6.54 Å². The van der Waals surface area contributed by atoms with Gasteiger partial charge in [-0.05, 0) is 44.2 Å². The summed E-state index contributed by atoms with van der Waals surface area (Å²) in [6.45, 7) is 3.09. The molecule has 1 aromatic rings. The zero-order chi connectivity index (χ0) is 14.8. The molecular weight excluding hydrogens is 260 g/mol. The summed E-state index contributed by atoms with van der Waals surface area (Å²) in [7, 11) is 2.14. The lowest BCUT2D eigenvalue weighted by molar-refractivity contribution is 0.106. The fraction of sp³-hybridized carbons (Fsp3) is 0.667. The van der Waals surface area contributed by atoms with Crippen LogP contribution in [0.4, 0.5) is 5.69 Å². The molecule has 0 bridgehead atoms. The predicted molar refractivity (Wildman–Crippen MR) is 87.7 cm³/mol. The molecule has 0 spiro atoms. The Kier molecular flexibility index (Phi) is 4.51. The molecule has 3 rings (SSSR count). The summed E-state index contributed by atoms with van der Waals surface area (Å²) in [5.74, 6) is 0. The predicted octanol–water partition coefficient (Wildman–Crippen LogP) is 2.99. The molecule has 0 aliphatic heterocycles. The van der Waals surface area contributed by atoms with E-state index in [0.717, 1.165) is 31.8 Å². The molecule has 21 heavy (non-hydrogen) atoms. The maximum Gasteiger partial charge on any atom is 0.0743 e. The molecule has 2 unspecified atom stereocenters. The van der Waals surface area contributed by atoms with Gasteiger partial charge in [0, 0.05) is 25.3 Å². The maximum atomic E-state index is 10.3. The number of hydrogen-bond donors (Lipinski definition) is 2. The van der Waals surface area contributed by atoms with Crippen molar-refractivity contribution >= 4 is 5.69 Å². The molecule has 2 atom stereocenters. The molecular formula is C18H28N2O. The Bertz CT molecular complexity index is 484. The summed E-state index contributed by atoms with van der Waals surface area (Å²) in [5.41, 5.74) is 3.95. The van der Waals surface area contributed by atoms with Crippen LogP contribution in [0, 0.1) is 6.92 Å². The van der Waals surface area contributed by atoms with Gasteiger partial charge in [0.05, 0.1) is 12.1 Å². The Morgan fingerprint density at radius 3 is 2.67 bits per heavy atom. The minimum atomic E-state index is -0.186. The fourth-order valence-corrected chi connectivity index (χ4v) is 3.46. The van der Waals surface area contributed by atoms with Crippen LogP contribution in [0.2, 0.25) is 0 Å². The molecule has 116 valence electrons. The van der Waals surface area contributed by atoms with Crippen LogP contribution in [0.25, 0.3) is 0 Å². The van der Waals surface area contributed by atoms with E-state index in [2.05, 4.69) is 42.4 Å². The largest absolute Gasteiger partial charge is 0.391 e. The number of rotatable bonds is 5. The first kappa shape index (κ1) is 14.9. The minimum absolute atomic E-state index is 0.186. The van der Waals surface area contributed by atoms with E-state index in [1.54, 1.807) is 0 Å². The van der Waals surface area contributed by atoms with E-state index in [4.69, 9.17) is 0 Å². The van der Waals surface area contributed by atoms with Gasteiger partial charge in [0.2, 0.25) is 0 Å². The molecule has 0 amide bonds. The fourth-order valence-electron chi connectivity index (χ4n) is 3.46. The quantitative estimate of drug-likeness (QED) is 0.874. The van der Waals surface area contributed by atoms with Gasteiger partial charge in [0.1, 0.15) is 0 Å². The molecule has 0 radical (unpaired) electrons. The molecule has 3 heteroatoms. The van der Waals surface area contributed by atoms with Crippen LogP contribution in [0.1, 0.15) is 49.7 Å². The van der Waals surface area contributed by atoms with Crippen molar-refractivity contribution in [1.82, 2.24) is 5.32 Å². The summed E-state index contributed by atoms with van der Waals surface area (Å²) in [6, 6.07) is 7.68. The van der Waals surface area contributed by atoms with E-state index in [-0.39, 0.29) is 12.1 Å². The smallest absolute Gasteiger partial charge is 0.0743 e. The van der Waals surface area contributed by atoms with Gasteiger partial charge in [-0.1, -0.05) is 30.5 Å². The molecule has 2 N–H and O–H groups in total. The highest BCUT2D eigenvalue weighted by atomic mass is 16.3. The van der Waals surface area contributed by atoms with Crippen molar-refractivity contribution in [2.75, 3.05) is 11.9 Å². The molecule has 2 fully saturated rings. The lowest BCUT2D eigenvalue weighted by Gasteiger charge is -2.37. The SMILES string of the molecule is Cc1ccc(N(C)C2CCCCC2O)c(CNC2CC2)c1. The highest BCUT2D eigenvalue weighted by Gasteiger charge is 2.28. The van der Waals surface area contributed by atoms with Crippen molar-refractivity contribution in [1.29, 1.82) is 0 Å². The molecule has 0 saturated heterocycles. The molecule has 2 aliphatic rings. The third kappa shape index (κ3) is 3.58. The van der Waals surface area contributed by atoms with E-state index < -0.39 is 0 Å². The average Bonchev–Trinajstić information content (AvgIpc) is 3.29. The number of anilines is 1. The number of benzene rings is 1. The summed E-state index contributed by atoms with van der Waals surface area (Å²) >= 11 is 0. The van der Waals surface area contributed by atoms with Crippen molar-refractivity contribution < 1.29 is 5.11 Å². The Labute approximate surface area is 128 Å². The zero-order valence-corrected chi connectivity index (χ0v) is 13.3. The van der Waals surface area contributed by atoms with Gasteiger partial charge in [0.25, 0.3) is 0 Å². The summed E-state index contributed by atoms with van der Waals surface area (Å²) in [6.07, 6.45) is 6.88. The van der Waals surface area contributed by atoms with E-state index in [0.29, 0.717) is 0 Å². The second-order valence-corrected chi connectivity index (χ2v) is 6.82. The van der Waals surface area contributed by atoms with Crippen LogP contribution in [0.15, 0.2) is 18.2 Å². The standard InChI is InChI=1S/C18H28N2O/c1-13-7-10-16(14(11-13)12-19-15-8-9-15)20(2)17-5-3-4-6-18(17)21/h7,10-11,15,17-19,21H,3-6,8-9,12H2,1-2H3. The molecule has 0 heterocycles. The van der Waals surface area contributed by atoms with Gasteiger partial charge >= 0.3 is 0 Å². The van der Waals surface area contributed by atoms with Crippen molar-refractivity contribution in [2.45, 2.75) is 70.2 Å². The molecule has 3 nitrogen and oxygen atoms in total. The highest BCUT2D eigenvalue weighted by molar-refractivity contribution is 5.55. The number of aliphatic hydroxyl groups is 1. The number of aliphatic hydroxyl groups excluding tert-OH is 1. The second-order valence-electron chi connectivity index (χ2n) is 6.82. The molecule has 0 aromatic heterocycles. The maximum absolute atomic E-state index is 10.3. The number of nitrogens with one attached hydrogen (secondary N) is 1. The summed E-state index contributed by atoms with van der Waals surface area (Å²) in [4.78, 5) is 2.31. The van der Waals surface area contributed by atoms with Gasteiger partial charge in [-0.2, -0.15) is 0 Å². The van der Waals surface area contributed by atoms with E-state index in [9.17, 15) is 5.11 Å². The average molecular weight is 288 g/mol. The summed E-state index contributed by atoms with van der Waals surface area (Å²) < 4.78 is 0. The Morgan fingerprint density at radius 2 is 1.95 bits per heavy atom. The second kappa shape index (κ2) is 6.37. The highest BCUT2D eigenvalue weighted by Crippen LogP contribution is 2.30. The topological polar surface area (TPSA) is 35.5 Å². The summed E-state index contributed by atoms with van der Waals surface area (Å²) in [5, 5.41) is 13.9. The van der Waals surface area contributed by atoms with Crippen molar-refractivity contribution in [2.24, 2.45) is 0 Å². The Hall–Kier alpha value is -1.06. The van der Waals surface area contributed by atoms with Gasteiger partial charge in [-0.3, -0.25) is 0 Å². The van der Waals surface area contributed by atoms with E-state index in [1.165, 1.54) is 36.1 Å². The van der Waals surface area contributed by atoms with Crippen molar-refractivity contribution in [3.8, 4) is 0 Å². The zero-order valence-electron chi connectivity index (χ0n) is 13.3. The van der Waals surface area contributed by atoms with E-state index >= 15 is 0 Å². The van der Waals surface area contributed by atoms with Crippen LogP contribution in [-0.4, -0.2) is 30.3 Å². The lowest BCUT2D eigenvalue weighted by Crippen LogP contribution is -2.44. The van der Waals surface area contributed by atoms with Crippen molar-refractivity contribution in [3.63, 3.8) is 0 Å². The number of aryl methyl sites for hydroxylation is 1. The number of nitrogens with zero attached hydrogens (tertiary/aromatic N) is 1. The number of hydrogen-bond acceptors (Lipinski definition) is 3. The van der Waals surface area contributed by atoms with Crippen LogP contribution < -0.4 is 10.2 Å². The third-order valence-corrected chi connectivity index (χ3v) is 4.96. The van der Waals surface area contributed by atoms with Gasteiger partial charge in [-0.25, -0.2) is 0 Å². The Balaban J connectivity index is 1.78. The minimum Gasteiger partial charge on any atom is -0.391 e. The number of likely N-dealkylation sites (N-methyl/N-ethyl adjacent to an activating group) is 1. The van der Waals surface area contributed by atoms with Crippen LogP contribution >= 0.6 is 0 Å². The van der Waals surface area contributed by atoms with Crippen LogP contribution in [0.5, 0.6) is 0 Å². The molecule has 1 aromatic carbocycles. The normalized spacial score (nSPS) is 25.9. The van der Waals surface area contributed by atoms with Crippen molar-refractivity contribution in [3.05, 3.63) is 29.3 Å². The van der Waals surface area contributed by atoms with Gasteiger partial charge in [-0.15, -0.1) is 0 Å². The molecule has 2 aliphatic carbocycles. The third-order valence-electron chi connectivity index (χ3n) is 4.96.